The molecule has 0 aliphatic rings. The van der Waals surface area contributed by atoms with Crippen LogP contribution in [-0.2, 0) is 9.47 Å². The number of carbonyl (C=O) groups excluding carboxylic acids is 2. The molecule has 0 saturated carbocycles. The first kappa shape index (κ1) is 22.7. The molecule has 1 rings (SSSR count). The molecule has 0 aliphatic carbocycles. The number of rotatable bonds is 1. The molecule has 0 unspecified atom stereocenters. The summed E-state index contributed by atoms with van der Waals surface area (Å²) < 4.78 is 12.1. The zero-order chi connectivity index (χ0) is 21.0. The minimum absolute atomic E-state index is 0.0263. The third-order valence-electron chi connectivity index (χ3n) is 2.78. The average Bonchev–Trinajstić information content (AvgIpc) is 2.91. The van der Waals surface area contributed by atoms with E-state index < -0.39 is 23.4 Å². The molecule has 0 aromatic carbocycles. The summed E-state index contributed by atoms with van der Waals surface area (Å²) in [4.78, 5) is 30.5. The summed E-state index contributed by atoms with van der Waals surface area (Å²) in [7, 11) is 0. The highest BCUT2D eigenvalue weighted by atomic mass is 16.6. The largest absolute Gasteiger partial charge is 0.443 e. The molecule has 27 heavy (non-hydrogen) atoms. The first-order valence-electron chi connectivity index (χ1n) is 8.90. The van der Waals surface area contributed by atoms with Crippen LogP contribution >= 0.6 is 0 Å². The van der Waals surface area contributed by atoms with Crippen molar-refractivity contribution in [2.45, 2.75) is 73.5 Å². The van der Waals surface area contributed by atoms with Crippen molar-refractivity contribution in [3.63, 3.8) is 0 Å². The average molecular weight is 380 g/mol. The molecule has 8 heteroatoms. The van der Waals surface area contributed by atoms with Gasteiger partial charge in [0.05, 0.1) is 0 Å². The Kier molecular flexibility index (Phi) is 6.80. The molecule has 0 N–H and O–H groups in total. The third-order valence-corrected chi connectivity index (χ3v) is 2.78. The van der Waals surface area contributed by atoms with Gasteiger partial charge in [-0.05, 0) is 53.0 Å². The maximum absolute atomic E-state index is 12.9. The van der Waals surface area contributed by atoms with Gasteiger partial charge >= 0.3 is 12.2 Å². The monoisotopic (exact) mass is 380 g/mol. The van der Waals surface area contributed by atoms with Gasteiger partial charge in [-0.1, -0.05) is 20.8 Å². The Morgan fingerprint density at radius 1 is 1.00 bits per heavy atom. The summed E-state index contributed by atoms with van der Waals surface area (Å²) in [5.41, 5.74) is -1.69. The smallest absolute Gasteiger partial charge is 0.437 e. The van der Waals surface area contributed by atoms with E-state index in [-0.39, 0.29) is 17.9 Å². The molecule has 0 atom stereocenters. The Hall–Kier alpha value is -2.38. The topological polar surface area (TPSA) is 86.0 Å². The number of ether oxygens (including phenoxy) is 2. The van der Waals surface area contributed by atoms with Gasteiger partial charge in [0.25, 0.3) is 0 Å². The molecule has 0 aliphatic heterocycles. The summed E-state index contributed by atoms with van der Waals surface area (Å²) in [5, 5.41) is 4.12. The van der Waals surface area contributed by atoms with E-state index in [1.807, 2.05) is 20.8 Å². The lowest BCUT2D eigenvalue weighted by Gasteiger charge is -2.32. The number of aliphatic imine (C=N–C) groups is 1. The standard InChI is InChI=1S/C19H32N4O4/c1-17(2,3)13-22(16(25)27-19(7,8)9)14(23-12-10-11-20-23)21-15(24)26-18(4,5)6/h10-12H,13H2,1-9H3/b21-14-. The molecule has 8 nitrogen and oxygen atoms in total. The Morgan fingerprint density at radius 2 is 1.56 bits per heavy atom. The van der Waals surface area contributed by atoms with Crippen molar-refractivity contribution in [2.75, 3.05) is 6.54 Å². The van der Waals surface area contributed by atoms with Crippen molar-refractivity contribution in [1.82, 2.24) is 14.7 Å². The molecule has 0 saturated heterocycles. The van der Waals surface area contributed by atoms with Gasteiger partial charge in [-0.3, -0.25) is 0 Å². The van der Waals surface area contributed by atoms with Crippen LogP contribution in [0.1, 0.15) is 62.3 Å². The van der Waals surface area contributed by atoms with Gasteiger partial charge < -0.3 is 9.47 Å². The van der Waals surface area contributed by atoms with E-state index in [0.717, 1.165) is 0 Å². The fourth-order valence-corrected chi connectivity index (χ4v) is 2.00. The quantitative estimate of drug-likeness (QED) is 0.535. The van der Waals surface area contributed by atoms with Crippen LogP contribution in [-0.4, -0.2) is 50.6 Å². The van der Waals surface area contributed by atoms with E-state index in [4.69, 9.17) is 9.47 Å². The first-order chi connectivity index (χ1) is 12.1. The lowest BCUT2D eigenvalue weighted by molar-refractivity contribution is 0.0319. The maximum atomic E-state index is 12.9. The number of carbonyl (C=O) groups is 2. The van der Waals surface area contributed by atoms with Gasteiger partial charge in [-0.2, -0.15) is 5.10 Å². The zero-order valence-corrected chi connectivity index (χ0v) is 17.9. The molecule has 1 heterocycles. The van der Waals surface area contributed by atoms with Gasteiger partial charge in [0, 0.05) is 18.9 Å². The Balaban J connectivity index is 3.37. The summed E-state index contributed by atoms with van der Waals surface area (Å²) in [5.74, 6) is 0.0263. The molecular weight excluding hydrogens is 348 g/mol. The predicted octanol–water partition coefficient (Wildman–Crippen LogP) is 4.31. The van der Waals surface area contributed by atoms with Crippen LogP contribution in [0, 0.1) is 5.41 Å². The SMILES string of the molecule is CC(C)(C)CN(C(=O)OC(C)(C)C)/C(=N/C(=O)OC(C)(C)C)n1cccn1. The molecule has 0 bridgehead atoms. The fraction of sp³-hybridized carbons (Fsp3) is 0.684. The number of hydrogen-bond donors (Lipinski definition) is 0. The van der Waals surface area contributed by atoms with E-state index in [1.165, 1.54) is 15.8 Å². The Bertz CT molecular complexity index is 674. The van der Waals surface area contributed by atoms with Gasteiger partial charge in [-0.25, -0.2) is 19.2 Å². The van der Waals surface area contributed by atoms with Gasteiger partial charge in [0.15, 0.2) is 0 Å². The van der Waals surface area contributed by atoms with Crippen molar-refractivity contribution >= 4 is 18.1 Å². The highest BCUT2D eigenvalue weighted by Gasteiger charge is 2.32. The zero-order valence-electron chi connectivity index (χ0n) is 17.9. The van der Waals surface area contributed by atoms with Crippen LogP contribution in [0.3, 0.4) is 0 Å². The second kappa shape index (κ2) is 8.10. The van der Waals surface area contributed by atoms with Crippen molar-refractivity contribution < 1.29 is 19.1 Å². The van der Waals surface area contributed by atoms with Gasteiger partial charge in [-0.15, -0.1) is 4.99 Å². The second-order valence-electron chi connectivity index (χ2n) is 9.47. The van der Waals surface area contributed by atoms with E-state index in [2.05, 4.69) is 10.1 Å². The predicted molar refractivity (Wildman–Crippen MR) is 104 cm³/mol. The highest BCUT2D eigenvalue weighted by molar-refractivity contribution is 5.99. The van der Waals surface area contributed by atoms with Crippen molar-refractivity contribution in [3.8, 4) is 0 Å². The highest BCUT2D eigenvalue weighted by Crippen LogP contribution is 2.19. The molecule has 0 spiro atoms. The normalized spacial score (nSPS) is 13.3. The lowest BCUT2D eigenvalue weighted by Crippen LogP contribution is -2.48. The van der Waals surface area contributed by atoms with Crippen molar-refractivity contribution in [1.29, 1.82) is 0 Å². The number of hydrogen-bond acceptors (Lipinski definition) is 5. The van der Waals surface area contributed by atoms with Crippen LogP contribution in [0.25, 0.3) is 0 Å². The first-order valence-corrected chi connectivity index (χ1v) is 8.90. The van der Waals surface area contributed by atoms with E-state index in [9.17, 15) is 9.59 Å². The molecule has 2 amide bonds. The number of amides is 2. The van der Waals surface area contributed by atoms with E-state index in [1.54, 1.807) is 53.8 Å². The van der Waals surface area contributed by atoms with Crippen LogP contribution in [0.15, 0.2) is 23.5 Å². The lowest BCUT2D eigenvalue weighted by atomic mass is 9.96. The second-order valence-corrected chi connectivity index (χ2v) is 9.47. The minimum atomic E-state index is -0.810. The molecular formula is C19H32N4O4. The molecule has 0 radical (unpaired) electrons. The molecule has 1 aromatic heterocycles. The maximum Gasteiger partial charge on any atom is 0.437 e. The summed E-state index contributed by atoms with van der Waals surface area (Å²) in [6, 6.07) is 1.68. The molecule has 1 aromatic rings. The van der Waals surface area contributed by atoms with E-state index >= 15 is 0 Å². The summed E-state index contributed by atoms with van der Waals surface area (Å²) >= 11 is 0. The van der Waals surface area contributed by atoms with Crippen LogP contribution in [0.4, 0.5) is 9.59 Å². The summed E-state index contributed by atoms with van der Waals surface area (Å²) in [6.45, 7) is 16.7. The molecule has 152 valence electrons. The Labute approximate surface area is 161 Å². The van der Waals surface area contributed by atoms with Crippen LogP contribution < -0.4 is 0 Å². The Morgan fingerprint density at radius 3 is 1.96 bits per heavy atom. The third kappa shape index (κ3) is 8.70. The summed E-state index contributed by atoms with van der Waals surface area (Å²) in [6.07, 6.45) is 1.71. The number of aromatic nitrogens is 2. The van der Waals surface area contributed by atoms with Crippen LogP contribution in [0.2, 0.25) is 0 Å². The van der Waals surface area contributed by atoms with E-state index in [0.29, 0.717) is 0 Å². The van der Waals surface area contributed by atoms with Crippen LogP contribution in [0.5, 0.6) is 0 Å². The van der Waals surface area contributed by atoms with Crippen molar-refractivity contribution in [3.05, 3.63) is 18.5 Å². The fourth-order valence-electron chi connectivity index (χ4n) is 2.00. The van der Waals surface area contributed by atoms with Gasteiger partial charge in [0.1, 0.15) is 11.2 Å². The minimum Gasteiger partial charge on any atom is -0.443 e. The van der Waals surface area contributed by atoms with Crippen molar-refractivity contribution in [2.24, 2.45) is 10.4 Å². The number of nitrogens with zero attached hydrogens (tertiary/aromatic N) is 4. The molecule has 0 fully saturated rings. The van der Waals surface area contributed by atoms with Gasteiger partial charge in [0.2, 0.25) is 5.96 Å².